The van der Waals surface area contributed by atoms with Crippen LogP contribution >= 0.6 is 0 Å². The highest BCUT2D eigenvalue weighted by atomic mass is 19.3. The van der Waals surface area contributed by atoms with Crippen molar-refractivity contribution in [1.82, 2.24) is 10.1 Å². The molecule has 0 bridgehead atoms. The summed E-state index contributed by atoms with van der Waals surface area (Å²) in [6, 6.07) is 14.9. The summed E-state index contributed by atoms with van der Waals surface area (Å²) in [5.41, 5.74) is 1.24. The summed E-state index contributed by atoms with van der Waals surface area (Å²) in [5, 5.41) is 4.84. The third-order valence-electron chi connectivity index (χ3n) is 5.98. The quantitative estimate of drug-likeness (QED) is 0.655. The average Bonchev–Trinajstić information content (AvgIpc) is 3.03. The molecule has 138 valence electrons. The molecule has 2 heterocycles. The smallest absolute Gasteiger partial charge is 0.254 e. The number of hydrogen-bond acceptors (Lipinski definition) is 3. The fraction of sp³-hybridized carbons (Fsp3) is 0.333. The van der Waals surface area contributed by atoms with Crippen LogP contribution in [0.4, 0.5) is 8.78 Å². The first-order valence-corrected chi connectivity index (χ1v) is 9.11. The molecule has 2 aromatic carbocycles. The summed E-state index contributed by atoms with van der Waals surface area (Å²) in [6.07, 6.45) is 0.710. The molecule has 1 saturated heterocycles. The Bertz CT molecular complexity index is 1020. The first kappa shape index (κ1) is 16.4. The maximum Gasteiger partial charge on any atom is 0.254 e. The van der Waals surface area contributed by atoms with Crippen LogP contribution in [-0.4, -0.2) is 35.0 Å². The molecule has 3 aromatic rings. The van der Waals surface area contributed by atoms with Crippen molar-refractivity contribution in [2.45, 2.75) is 25.2 Å². The Morgan fingerprint density at radius 3 is 2.44 bits per heavy atom. The van der Waals surface area contributed by atoms with E-state index in [0.717, 1.165) is 10.9 Å². The van der Waals surface area contributed by atoms with E-state index in [1.807, 2.05) is 30.3 Å². The predicted molar refractivity (Wildman–Crippen MR) is 96.6 cm³/mol. The zero-order valence-corrected chi connectivity index (χ0v) is 14.6. The summed E-state index contributed by atoms with van der Waals surface area (Å²) in [4.78, 5) is 14.6. The summed E-state index contributed by atoms with van der Waals surface area (Å²) in [7, 11) is 0. The zero-order valence-electron chi connectivity index (χ0n) is 14.6. The Morgan fingerprint density at radius 2 is 1.78 bits per heavy atom. The molecule has 1 spiro atoms. The van der Waals surface area contributed by atoms with Gasteiger partial charge in [0.1, 0.15) is 5.52 Å². The van der Waals surface area contributed by atoms with Crippen molar-refractivity contribution in [3.8, 4) is 11.3 Å². The van der Waals surface area contributed by atoms with Gasteiger partial charge in [0.15, 0.2) is 5.76 Å². The predicted octanol–water partition coefficient (Wildman–Crippen LogP) is 4.76. The number of halogens is 2. The number of benzene rings is 2. The second-order valence-corrected chi connectivity index (χ2v) is 7.56. The van der Waals surface area contributed by atoms with E-state index < -0.39 is 11.3 Å². The third-order valence-corrected chi connectivity index (χ3v) is 5.98. The molecule has 2 aliphatic rings. The van der Waals surface area contributed by atoms with Crippen LogP contribution in [-0.2, 0) is 0 Å². The number of nitrogens with zero attached hydrogens (tertiary/aromatic N) is 2. The van der Waals surface area contributed by atoms with E-state index in [0.29, 0.717) is 42.8 Å². The molecule has 1 amide bonds. The number of likely N-dealkylation sites (tertiary alicyclic amines) is 1. The lowest BCUT2D eigenvalue weighted by Gasteiger charge is -2.32. The van der Waals surface area contributed by atoms with Gasteiger partial charge in [-0.05, 0) is 31.0 Å². The molecule has 0 unspecified atom stereocenters. The van der Waals surface area contributed by atoms with Gasteiger partial charge < -0.3 is 9.42 Å². The fourth-order valence-corrected chi connectivity index (χ4v) is 4.12. The van der Waals surface area contributed by atoms with Crippen molar-refractivity contribution >= 4 is 16.8 Å². The molecule has 0 atom stereocenters. The Labute approximate surface area is 154 Å². The topological polar surface area (TPSA) is 46.3 Å². The first-order chi connectivity index (χ1) is 13.0. The lowest BCUT2D eigenvalue weighted by atomic mass is 9.92. The average molecular weight is 368 g/mol. The number of hydrogen-bond donors (Lipinski definition) is 0. The molecule has 4 nitrogen and oxygen atoms in total. The van der Waals surface area contributed by atoms with Crippen LogP contribution in [0.5, 0.6) is 0 Å². The Balaban J connectivity index is 1.41. The number of amides is 1. The highest BCUT2D eigenvalue weighted by Gasteiger charge is 2.70. The molecule has 2 fully saturated rings. The van der Waals surface area contributed by atoms with Crippen molar-refractivity contribution in [3.63, 3.8) is 0 Å². The molecule has 1 aliphatic heterocycles. The van der Waals surface area contributed by atoms with Gasteiger partial charge in [-0.2, -0.15) is 0 Å². The zero-order chi connectivity index (χ0) is 18.6. The van der Waals surface area contributed by atoms with Crippen molar-refractivity contribution in [2.24, 2.45) is 5.41 Å². The second-order valence-electron chi connectivity index (χ2n) is 7.56. The monoisotopic (exact) mass is 368 g/mol. The number of carbonyl (C=O) groups excluding carboxylic acids is 1. The van der Waals surface area contributed by atoms with Gasteiger partial charge in [-0.25, -0.2) is 8.78 Å². The summed E-state index contributed by atoms with van der Waals surface area (Å²) in [5.74, 6) is -2.06. The Hall–Kier alpha value is -2.76. The van der Waals surface area contributed by atoms with E-state index >= 15 is 0 Å². The van der Waals surface area contributed by atoms with E-state index in [-0.39, 0.29) is 12.3 Å². The largest absolute Gasteiger partial charge is 0.355 e. The summed E-state index contributed by atoms with van der Waals surface area (Å²) in [6.45, 7) is 0.753. The Kier molecular flexibility index (Phi) is 3.41. The SMILES string of the molecule is O=C(c1ccc2noc(-c3ccccc3)c2c1)N1CCC2(CC1)CC2(F)F. The van der Waals surface area contributed by atoms with Crippen LogP contribution in [0.2, 0.25) is 0 Å². The molecular formula is C21H18F2N2O2. The van der Waals surface area contributed by atoms with Crippen LogP contribution < -0.4 is 0 Å². The summed E-state index contributed by atoms with van der Waals surface area (Å²) < 4.78 is 32.6. The van der Waals surface area contributed by atoms with Crippen molar-refractivity contribution in [1.29, 1.82) is 0 Å². The molecule has 1 aromatic heterocycles. The summed E-state index contributed by atoms with van der Waals surface area (Å²) >= 11 is 0. The fourth-order valence-electron chi connectivity index (χ4n) is 4.12. The van der Waals surface area contributed by atoms with Gasteiger partial charge in [-0.15, -0.1) is 0 Å². The number of fused-ring (bicyclic) bond motifs is 1. The lowest BCUT2D eigenvalue weighted by molar-refractivity contribution is 0.0284. The van der Waals surface area contributed by atoms with Crippen LogP contribution in [0, 0.1) is 5.41 Å². The lowest BCUT2D eigenvalue weighted by Crippen LogP contribution is -2.40. The van der Waals surface area contributed by atoms with Gasteiger partial charge in [-0.3, -0.25) is 4.79 Å². The second kappa shape index (κ2) is 5.62. The van der Waals surface area contributed by atoms with Gasteiger partial charge in [0, 0.05) is 36.1 Å². The van der Waals surface area contributed by atoms with E-state index in [1.165, 1.54) is 0 Å². The van der Waals surface area contributed by atoms with E-state index in [9.17, 15) is 13.6 Å². The number of alkyl halides is 2. The molecule has 0 radical (unpaired) electrons. The minimum absolute atomic E-state index is 0.0326. The first-order valence-electron chi connectivity index (χ1n) is 9.11. The number of piperidine rings is 1. The van der Waals surface area contributed by atoms with Gasteiger partial charge in [0.05, 0.1) is 5.39 Å². The number of carbonyl (C=O) groups is 1. The molecular weight excluding hydrogens is 350 g/mol. The normalized spacial score (nSPS) is 20.1. The molecule has 5 rings (SSSR count). The third kappa shape index (κ3) is 2.54. The van der Waals surface area contributed by atoms with E-state index in [4.69, 9.17) is 4.52 Å². The van der Waals surface area contributed by atoms with Crippen LogP contribution in [0.15, 0.2) is 53.1 Å². The molecule has 6 heteroatoms. The van der Waals surface area contributed by atoms with Gasteiger partial charge >= 0.3 is 0 Å². The van der Waals surface area contributed by atoms with Crippen LogP contribution in [0.3, 0.4) is 0 Å². The Morgan fingerprint density at radius 1 is 1.07 bits per heavy atom. The maximum atomic E-state index is 13.5. The molecule has 1 aliphatic carbocycles. The van der Waals surface area contributed by atoms with Gasteiger partial charge in [0.25, 0.3) is 11.8 Å². The maximum absolute atomic E-state index is 13.5. The van der Waals surface area contributed by atoms with Crippen molar-refractivity contribution < 1.29 is 18.1 Å². The van der Waals surface area contributed by atoms with E-state index in [1.54, 1.807) is 23.1 Å². The van der Waals surface area contributed by atoms with Gasteiger partial charge in [0.2, 0.25) is 0 Å². The van der Waals surface area contributed by atoms with Crippen molar-refractivity contribution in [2.75, 3.05) is 13.1 Å². The van der Waals surface area contributed by atoms with Crippen molar-refractivity contribution in [3.05, 3.63) is 54.1 Å². The van der Waals surface area contributed by atoms with Crippen LogP contribution in [0.1, 0.15) is 29.6 Å². The standard InChI is InChI=1S/C21H18F2N2O2/c22-21(23)13-20(21)8-10-25(11-9-20)19(26)15-6-7-17-16(12-15)18(27-24-17)14-4-2-1-3-5-14/h1-7,12H,8-11,13H2. The molecule has 1 saturated carbocycles. The highest BCUT2D eigenvalue weighted by molar-refractivity contribution is 6.01. The molecule has 0 N–H and O–H groups in total. The minimum atomic E-state index is -2.55. The van der Waals surface area contributed by atoms with Gasteiger partial charge in [-0.1, -0.05) is 35.5 Å². The number of rotatable bonds is 2. The minimum Gasteiger partial charge on any atom is -0.355 e. The number of aromatic nitrogens is 1. The molecule has 27 heavy (non-hydrogen) atoms. The van der Waals surface area contributed by atoms with E-state index in [2.05, 4.69) is 5.16 Å². The highest BCUT2D eigenvalue weighted by Crippen LogP contribution is 2.65. The van der Waals surface area contributed by atoms with Crippen LogP contribution in [0.25, 0.3) is 22.2 Å².